The van der Waals surface area contributed by atoms with Gasteiger partial charge in [0.05, 0.1) is 17.1 Å². The summed E-state index contributed by atoms with van der Waals surface area (Å²) in [4.78, 5) is 13.5. The molecule has 0 atom stereocenters. The van der Waals surface area contributed by atoms with E-state index in [2.05, 4.69) is 11.8 Å². The lowest BCUT2D eigenvalue weighted by atomic mass is 9.86. The molecule has 0 aromatic heterocycles. The predicted octanol–water partition coefficient (Wildman–Crippen LogP) is 5.03. The van der Waals surface area contributed by atoms with Gasteiger partial charge in [-0.25, -0.2) is 4.39 Å². The molecule has 0 amide bonds. The minimum Gasteiger partial charge on any atom is -0.378 e. The first-order valence-electron chi connectivity index (χ1n) is 10.8. The first-order valence-corrected chi connectivity index (χ1v) is 10.8. The summed E-state index contributed by atoms with van der Waals surface area (Å²) in [6.45, 7) is 6.81. The van der Waals surface area contributed by atoms with Gasteiger partial charge in [-0.15, -0.1) is 0 Å². The highest BCUT2D eigenvalue weighted by Crippen LogP contribution is 2.32. The van der Waals surface area contributed by atoms with E-state index in [0.29, 0.717) is 35.6 Å². The van der Waals surface area contributed by atoms with Gasteiger partial charge in [0.1, 0.15) is 5.82 Å². The van der Waals surface area contributed by atoms with Crippen LogP contribution in [0.15, 0.2) is 12.1 Å². The zero-order valence-electron chi connectivity index (χ0n) is 17.2. The molecule has 1 heterocycles. The van der Waals surface area contributed by atoms with Gasteiger partial charge < -0.3 is 9.64 Å². The summed E-state index contributed by atoms with van der Waals surface area (Å²) in [6.07, 6.45) is 9.04. The van der Waals surface area contributed by atoms with E-state index in [0.717, 1.165) is 57.9 Å². The Morgan fingerprint density at radius 1 is 1.18 bits per heavy atom. The van der Waals surface area contributed by atoms with E-state index in [-0.39, 0.29) is 5.69 Å². The van der Waals surface area contributed by atoms with Crippen molar-refractivity contribution in [3.63, 3.8) is 0 Å². The van der Waals surface area contributed by atoms with Crippen LogP contribution in [0, 0.1) is 28.8 Å². The summed E-state index contributed by atoms with van der Waals surface area (Å²) in [6, 6.07) is 3.40. The minimum absolute atomic E-state index is 0.0732. The lowest BCUT2D eigenvalue weighted by molar-refractivity contribution is -0.385. The number of nitro benzene ring substituents is 1. The van der Waals surface area contributed by atoms with E-state index in [4.69, 9.17) is 4.74 Å². The van der Waals surface area contributed by atoms with Gasteiger partial charge in [0.2, 0.25) is 0 Å². The van der Waals surface area contributed by atoms with Crippen LogP contribution in [0.2, 0.25) is 0 Å². The number of ether oxygens (including phenoxy) is 1. The number of nitrogens with zero attached hydrogens (tertiary/aromatic N) is 2. The predicted molar refractivity (Wildman–Crippen MR) is 108 cm³/mol. The number of piperidine rings is 1. The molecule has 1 aromatic carbocycles. The highest BCUT2D eigenvalue weighted by Gasteiger charge is 2.30. The van der Waals surface area contributed by atoms with Crippen LogP contribution in [-0.4, -0.2) is 41.7 Å². The molecule has 1 saturated heterocycles. The van der Waals surface area contributed by atoms with Crippen LogP contribution in [-0.2, 0) is 11.2 Å². The fourth-order valence-corrected chi connectivity index (χ4v) is 4.76. The van der Waals surface area contributed by atoms with Crippen molar-refractivity contribution in [3.8, 4) is 0 Å². The van der Waals surface area contributed by atoms with Crippen LogP contribution < -0.4 is 0 Å². The summed E-state index contributed by atoms with van der Waals surface area (Å²) >= 11 is 0. The fourth-order valence-electron chi connectivity index (χ4n) is 4.76. The lowest BCUT2D eigenvalue weighted by Crippen LogP contribution is -2.44. The molecular weight excluding hydrogens is 359 g/mol. The second-order valence-corrected chi connectivity index (χ2v) is 8.47. The SMILES string of the molecule is CCCOC1CCC(N2CCC(Cc3cc(C)c(F)cc3[N+](=O)[O-])CC2)CC1. The average molecular weight is 393 g/mol. The van der Waals surface area contributed by atoms with Crippen molar-refractivity contribution in [2.45, 2.75) is 77.4 Å². The summed E-state index contributed by atoms with van der Waals surface area (Å²) in [7, 11) is 0. The van der Waals surface area contributed by atoms with Gasteiger partial charge >= 0.3 is 0 Å². The molecule has 2 aliphatic rings. The van der Waals surface area contributed by atoms with Crippen molar-refractivity contribution < 1.29 is 14.1 Å². The Labute approximate surface area is 167 Å². The number of hydrogen-bond donors (Lipinski definition) is 0. The van der Waals surface area contributed by atoms with Crippen molar-refractivity contribution in [2.24, 2.45) is 5.92 Å². The maximum atomic E-state index is 13.7. The van der Waals surface area contributed by atoms with Crippen molar-refractivity contribution in [1.29, 1.82) is 0 Å². The molecule has 0 spiro atoms. The van der Waals surface area contributed by atoms with E-state index >= 15 is 0 Å². The Morgan fingerprint density at radius 3 is 2.46 bits per heavy atom. The maximum absolute atomic E-state index is 13.7. The van der Waals surface area contributed by atoms with Crippen molar-refractivity contribution in [1.82, 2.24) is 4.90 Å². The molecule has 28 heavy (non-hydrogen) atoms. The Hall–Kier alpha value is -1.53. The van der Waals surface area contributed by atoms with Crippen LogP contribution in [0.25, 0.3) is 0 Å². The molecule has 0 radical (unpaired) electrons. The fraction of sp³-hybridized carbons (Fsp3) is 0.727. The third-order valence-corrected chi connectivity index (χ3v) is 6.43. The Bertz CT molecular complexity index is 666. The van der Waals surface area contributed by atoms with Crippen molar-refractivity contribution in [3.05, 3.63) is 39.2 Å². The molecule has 2 fully saturated rings. The minimum atomic E-state index is -0.496. The van der Waals surface area contributed by atoms with Crippen LogP contribution in [0.5, 0.6) is 0 Å². The molecule has 0 N–H and O–H groups in total. The van der Waals surface area contributed by atoms with Crippen LogP contribution >= 0.6 is 0 Å². The van der Waals surface area contributed by atoms with Gasteiger partial charge in [-0.3, -0.25) is 10.1 Å². The number of rotatable bonds is 7. The largest absolute Gasteiger partial charge is 0.378 e. The highest BCUT2D eigenvalue weighted by molar-refractivity contribution is 5.43. The smallest absolute Gasteiger partial charge is 0.275 e. The normalized spacial score (nSPS) is 24.4. The molecule has 0 unspecified atom stereocenters. The number of likely N-dealkylation sites (tertiary alicyclic amines) is 1. The second kappa shape index (κ2) is 9.79. The van der Waals surface area contributed by atoms with E-state index in [1.807, 2.05) is 0 Å². The van der Waals surface area contributed by atoms with Crippen molar-refractivity contribution in [2.75, 3.05) is 19.7 Å². The molecule has 1 aliphatic carbocycles. The Kier molecular flexibility index (Phi) is 7.41. The summed E-state index contributed by atoms with van der Waals surface area (Å²) < 4.78 is 19.6. The lowest BCUT2D eigenvalue weighted by Gasteiger charge is -2.40. The van der Waals surface area contributed by atoms with E-state index in [1.54, 1.807) is 13.0 Å². The number of hydrogen-bond acceptors (Lipinski definition) is 4. The van der Waals surface area contributed by atoms with Gasteiger partial charge in [-0.2, -0.15) is 0 Å². The number of aryl methyl sites for hydroxylation is 1. The molecular formula is C22H33FN2O3. The van der Waals surface area contributed by atoms with Crippen LogP contribution in [0.3, 0.4) is 0 Å². The van der Waals surface area contributed by atoms with Gasteiger partial charge in [0.15, 0.2) is 0 Å². The first-order chi connectivity index (χ1) is 13.5. The monoisotopic (exact) mass is 392 g/mol. The molecule has 1 saturated carbocycles. The second-order valence-electron chi connectivity index (χ2n) is 8.47. The molecule has 1 aromatic rings. The summed E-state index contributed by atoms with van der Waals surface area (Å²) in [5, 5.41) is 11.3. The van der Waals surface area contributed by atoms with Gasteiger partial charge in [-0.05, 0) is 88.9 Å². The Balaban J connectivity index is 1.50. The molecule has 3 rings (SSSR count). The zero-order valence-corrected chi connectivity index (χ0v) is 17.2. The molecule has 156 valence electrons. The number of nitro groups is 1. The van der Waals surface area contributed by atoms with Crippen molar-refractivity contribution >= 4 is 5.69 Å². The average Bonchev–Trinajstić information content (AvgIpc) is 2.70. The standard InChI is InChI=1S/C22H33FN2O3/c1-3-12-28-20-6-4-19(5-7-20)24-10-8-17(9-11-24)14-18-13-16(2)21(23)15-22(18)25(26)27/h13,15,17,19-20H,3-12,14H2,1-2H3. The Morgan fingerprint density at radius 2 is 1.86 bits per heavy atom. The molecule has 5 nitrogen and oxygen atoms in total. The highest BCUT2D eigenvalue weighted by atomic mass is 19.1. The summed E-state index contributed by atoms with van der Waals surface area (Å²) in [5.41, 5.74) is 1.09. The van der Waals surface area contributed by atoms with Gasteiger partial charge in [-0.1, -0.05) is 6.92 Å². The van der Waals surface area contributed by atoms with Crippen LogP contribution in [0.4, 0.5) is 10.1 Å². The summed E-state index contributed by atoms with van der Waals surface area (Å²) in [5.74, 6) is -0.0622. The van der Waals surface area contributed by atoms with E-state index in [9.17, 15) is 14.5 Å². The quantitative estimate of drug-likeness (QED) is 0.482. The third kappa shape index (κ3) is 5.29. The van der Waals surface area contributed by atoms with E-state index in [1.165, 1.54) is 12.8 Å². The zero-order chi connectivity index (χ0) is 20.1. The molecule has 1 aliphatic heterocycles. The maximum Gasteiger partial charge on any atom is 0.275 e. The third-order valence-electron chi connectivity index (χ3n) is 6.43. The molecule has 0 bridgehead atoms. The number of halogens is 1. The van der Waals surface area contributed by atoms with E-state index < -0.39 is 10.7 Å². The number of benzene rings is 1. The molecule has 6 heteroatoms. The first kappa shape index (κ1) is 21.2. The van der Waals surface area contributed by atoms with Gasteiger partial charge in [0.25, 0.3) is 5.69 Å². The van der Waals surface area contributed by atoms with Crippen LogP contribution in [0.1, 0.15) is 63.0 Å². The topological polar surface area (TPSA) is 55.6 Å². The van der Waals surface area contributed by atoms with Gasteiger partial charge in [0, 0.05) is 18.2 Å².